The Morgan fingerprint density at radius 3 is 2.65 bits per heavy atom. The van der Waals surface area contributed by atoms with Crippen LogP contribution in [-0.4, -0.2) is 9.97 Å². The van der Waals surface area contributed by atoms with Crippen molar-refractivity contribution >= 4 is 10.9 Å². The van der Waals surface area contributed by atoms with E-state index in [1.54, 1.807) is 36.5 Å². The van der Waals surface area contributed by atoms with Crippen molar-refractivity contribution in [1.29, 1.82) is 0 Å². The molecular formula is C14H7F3N2O. The minimum Gasteiger partial charge on any atom is -0.436 e. The van der Waals surface area contributed by atoms with Gasteiger partial charge in [-0.1, -0.05) is 6.07 Å². The van der Waals surface area contributed by atoms with Crippen LogP contribution in [-0.2, 0) is 0 Å². The molecule has 0 amide bonds. The molecule has 3 rings (SSSR count). The number of ether oxygens (including phenoxy) is 1. The predicted octanol–water partition coefficient (Wildman–Crippen LogP) is 3.84. The van der Waals surface area contributed by atoms with E-state index in [4.69, 9.17) is 4.74 Å². The van der Waals surface area contributed by atoms with Crippen LogP contribution in [0.5, 0.6) is 11.6 Å². The Hall–Kier alpha value is -2.63. The molecule has 0 N–H and O–H groups in total. The number of hydrogen-bond acceptors (Lipinski definition) is 3. The summed E-state index contributed by atoms with van der Waals surface area (Å²) in [6.07, 6.45) is 1.60. The van der Waals surface area contributed by atoms with E-state index in [-0.39, 0.29) is 5.75 Å². The summed E-state index contributed by atoms with van der Waals surface area (Å²) < 4.78 is 44.6. The van der Waals surface area contributed by atoms with Gasteiger partial charge in [0.15, 0.2) is 11.6 Å². The fourth-order valence-corrected chi connectivity index (χ4v) is 1.77. The fourth-order valence-electron chi connectivity index (χ4n) is 1.77. The molecule has 1 aromatic carbocycles. The average Bonchev–Trinajstić information content (AvgIpc) is 2.45. The van der Waals surface area contributed by atoms with Crippen LogP contribution < -0.4 is 4.74 Å². The molecule has 3 aromatic rings. The molecule has 0 bridgehead atoms. The van der Waals surface area contributed by atoms with Gasteiger partial charge in [0.25, 0.3) is 11.8 Å². The molecule has 3 nitrogen and oxygen atoms in total. The maximum Gasteiger partial charge on any atom is 0.258 e. The van der Waals surface area contributed by atoms with E-state index in [9.17, 15) is 13.2 Å². The van der Waals surface area contributed by atoms with E-state index in [0.29, 0.717) is 17.0 Å². The molecule has 0 radical (unpaired) electrons. The lowest BCUT2D eigenvalue weighted by Gasteiger charge is -2.08. The summed E-state index contributed by atoms with van der Waals surface area (Å²) in [4.78, 5) is 7.22. The van der Waals surface area contributed by atoms with Gasteiger partial charge in [0.05, 0.1) is 5.52 Å². The van der Waals surface area contributed by atoms with Gasteiger partial charge in [-0.05, 0) is 24.3 Å². The molecule has 100 valence electrons. The minimum absolute atomic E-state index is 0.257. The van der Waals surface area contributed by atoms with E-state index < -0.39 is 23.5 Å². The molecule has 0 fully saturated rings. The maximum atomic E-state index is 13.5. The molecule has 20 heavy (non-hydrogen) atoms. The highest BCUT2D eigenvalue weighted by Gasteiger charge is 2.14. The zero-order valence-corrected chi connectivity index (χ0v) is 9.98. The first-order valence-electron chi connectivity index (χ1n) is 5.68. The molecular weight excluding hydrogens is 269 g/mol. The van der Waals surface area contributed by atoms with Crippen LogP contribution in [0.4, 0.5) is 13.2 Å². The van der Waals surface area contributed by atoms with Crippen molar-refractivity contribution in [3.8, 4) is 11.6 Å². The second-order valence-corrected chi connectivity index (χ2v) is 3.98. The number of benzene rings is 1. The van der Waals surface area contributed by atoms with E-state index >= 15 is 0 Å². The highest BCUT2D eigenvalue weighted by atomic mass is 19.2. The number of fused-ring (bicyclic) bond motifs is 1. The van der Waals surface area contributed by atoms with Gasteiger partial charge in [-0.15, -0.1) is 0 Å². The first-order chi connectivity index (χ1) is 9.65. The molecule has 0 aliphatic heterocycles. The molecule has 0 atom stereocenters. The smallest absolute Gasteiger partial charge is 0.258 e. The highest BCUT2D eigenvalue weighted by Crippen LogP contribution is 2.29. The Kier molecular flexibility index (Phi) is 2.98. The van der Waals surface area contributed by atoms with Crippen molar-refractivity contribution in [2.24, 2.45) is 0 Å². The molecule has 6 heteroatoms. The lowest BCUT2D eigenvalue weighted by molar-refractivity contribution is 0.389. The number of nitrogens with zero attached hydrogens (tertiary/aromatic N) is 2. The van der Waals surface area contributed by atoms with Crippen LogP contribution in [0.3, 0.4) is 0 Å². The van der Waals surface area contributed by atoms with E-state index in [0.717, 1.165) is 0 Å². The lowest BCUT2D eigenvalue weighted by Crippen LogP contribution is -1.98. The third-order valence-corrected chi connectivity index (χ3v) is 2.67. The summed E-state index contributed by atoms with van der Waals surface area (Å²) >= 11 is 0. The van der Waals surface area contributed by atoms with Gasteiger partial charge in [0, 0.05) is 17.6 Å². The van der Waals surface area contributed by atoms with Gasteiger partial charge in [-0.2, -0.15) is 9.37 Å². The van der Waals surface area contributed by atoms with Gasteiger partial charge in [-0.25, -0.2) is 8.78 Å². The first kappa shape index (κ1) is 12.4. The fraction of sp³-hybridized carbons (Fsp3) is 0. The third kappa shape index (κ3) is 2.16. The van der Waals surface area contributed by atoms with E-state index in [2.05, 4.69) is 9.97 Å². The monoisotopic (exact) mass is 276 g/mol. The Bertz CT molecular complexity index is 787. The zero-order valence-electron chi connectivity index (χ0n) is 9.98. The summed E-state index contributed by atoms with van der Waals surface area (Å²) in [6.45, 7) is 0. The number of pyridine rings is 2. The van der Waals surface area contributed by atoms with Crippen molar-refractivity contribution in [3.63, 3.8) is 0 Å². The standard InChI is InChI=1S/C14H7F3N2O/c15-9-7-10(16)14(19-13(9)17)20-12-5-1-4-11-8(12)3-2-6-18-11/h1-7H. The molecule has 0 saturated carbocycles. The molecule has 0 aliphatic rings. The van der Waals surface area contributed by atoms with Crippen LogP contribution in [0.25, 0.3) is 10.9 Å². The Balaban J connectivity index is 2.08. The van der Waals surface area contributed by atoms with Crippen molar-refractivity contribution in [1.82, 2.24) is 9.97 Å². The number of aromatic nitrogens is 2. The van der Waals surface area contributed by atoms with E-state index in [1.807, 2.05) is 0 Å². The molecule has 2 heterocycles. The molecule has 2 aromatic heterocycles. The van der Waals surface area contributed by atoms with Crippen LogP contribution in [0.2, 0.25) is 0 Å². The van der Waals surface area contributed by atoms with Gasteiger partial charge in [-0.3, -0.25) is 4.98 Å². The molecule has 0 unspecified atom stereocenters. The summed E-state index contributed by atoms with van der Waals surface area (Å²) in [5, 5.41) is 0.612. The van der Waals surface area contributed by atoms with Crippen molar-refractivity contribution in [2.45, 2.75) is 0 Å². The van der Waals surface area contributed by atoms with Crippen LogP contribution in [0.1, 0.15) is 0 Å². The number of rotatable bonds is 2. The van der Waals surface area contributed by atoms with Crippen LogP contribution >= 0.6 is 0 Å². The van der Waals surface area contributed by atoms with Crippen molar-refractivity contribution in [3.05, 3.63) is 60.2 Å². The van der Waals surface area contributed by atoms with Crippen molar-refractivity contribution < 1.29 is 17.9 Å². The van der Waals surface area contributed by atoms with Crippen LogP contribution in [0, 0.1) is 17.6 Å². The maximum absolute atomic E-state index is 13.5. The summed E-state index contributed by atoms with van der Waals surface area (Å²) in [7, 11) is 0. The molecule has 0 spiro atoms. The topological polar surface area (TPSA) is 35.0 Å². The Morgan fingerprint density at radius 2 is 1.80 bits per heavy atom. The van der Waals surface area contributed by atoms with Gasteiger partial charge < -0.3 is 4.74 Å². The number of halogens is 3. The lowest BCUT2D eigenvalue weighted by atomic mass is 10.2. The van der Waals surface area contributed by atoms with Gasteiger partial charge >= 0.3 is 0 Å². The third-order valence-electron chi connectivity index (χ3n) is 2.67. The van der Waals surface area contributed by atoms with Gasteiger partial charge in [0.1, 0.15) is 5.75 Å². The number of hydrogen-bond donors (Lipinski definition) is 0. The highest BCUT2D eigenvalue weighted by molar-refractivity contribution is 5.85. The summed E-state index contributed by atoms with van der Waals surface area (Å²) in [6, 6.07) is 8.76. The van der Waals surface area contributed by atoms with Crippen LogP contribution in [0.15, 0.2) is 42.6 Å². The summed E-state index contributed by atoms with van der Waals surface area (Å²) in [5.41, 5.74) is 0.632. The second kappa shape index (κ2) is 4.80. The van der Waals surface area contributed by atoms with Gasteiger partial charge in [0.2, 0.25) is 0 Å². The predicted molar refractivity (Wildman–Crippen MR) is 65.9 cm³/mol. The normalized spacial score (nSPS) is 10.8. The Morgan fingerprint density at radius 1 is 0.950 bits per heavy atom. The quantitative estimate of drug-likeness (QED) is 0.667. The Labute approximate surface area is 111 Å². The van der Waals surface area contributed by atoms with E-state index in [1.165, 1.54) is 0 Å². The van der Waals surface area contributed by atoms with Crippen molar-refractivity contribution in [2.75, 3.05) is 0 Å². The zero-order chi connectivity index (χ0) is 14.1. The second-order valence-electron chi connectivity index (χ2n) is 3.98. The average molecular weight is 276 g/mol. The molecule has 0 aliphatic carbocycles. The SMILES string of the molecule is Fc1cc(F)c(Oc2cccc3ncccc23)nc1F. The summed E-state index contributed by atoms with van der Waals surface area (Å²) in [5.74, 6) is -4.23. The molecule has 0 saturated heterocycles. The minimum atomic E-state index is -1.42. The largest absolute Gasteiger partial charge is 0.436 e. The first-order valence-corrected chi connectivity index (χ1v) is 5.68.